The molecule has 2 rings (SSSR count). The van der Waals surface area contributed by atoms with Crippen LogP contribution in [0.2, 0.25) is 0 Å². The van der Waals surface area contributed by atoms with Crippen molar-refractivity contribution in [1.29, 1.82) is 5.26 Å². The number of benzene rings is 1. The number of nitrogens with zero attached hydrogens (tertiary/aromatic N) is 3. The molecule has 1 heterocycles. The molecule has 1 aromatic carbocycles. The molecule has 0 aromatic heterocycles. The first-order valence-corrected chi connectivity index (χ1v) is 8.53. The summed E-state index contributed by atoms with van der Waals surface area (Å²) in [4.78, 5) is 17.8. The Morgan fingerprint density at radius 3 is 3.04 bits per heavy atom. The van der Waals surface area contributed by atoms with Crippen molar-refractivity contribution in [2.45, 2.75) is 32.7 Å². The number of nitrogens with one attached hydrogen (secondary N) is 1. The Kier molecular flexibility index (Phi) is 6.75. The zero-order valence-electron chi connectivity index (χ0n) is 14.5. The smallest absolute Gasteiger partial charge is 0.217 e. The Morgan fingerprint density at radius 1 is 1.56 bits per heavy atom. The third-order valence-corrected chi connectivity index (χ3v) is 4.22. The molecule has 0 radical (unpaired) electrons. The van der Waals surface area contributed by atoms with E-state index in [2.05, 4.69) is 15.2 Å². The number of hydrogen-bond donors (Lipinski definition) is 2. The molecule has 6 nitrogen and oxygen atoms in total. The fourth-order valence-electron chi connectivity index (χ4n) is 3.06. The van der Waals surface area contributed by atoms with Gasteiger partial charge in [-0.2, -0.15) is 5.26 Å². The lowest BCUT2D eigenvalue weighted by Crippen LogP contribution is -2.47. The van der Waals surface area contributed by atoms with E-state index in [4.69, 9.17) is 11.0 Å². The summed E-state index contributed by atoms with van der Waals surface area (Å²) in [5.74, 6) is 0.250. The predicted molar refractivity (Wildman–Crippen MR) is 94.0 cm³/mol. The number of rotatable bonds is 5. The van der Waals surface area contributed by atoms with Crippen LogP contribution in [-0.4, -0.2) is 36.4 Å². The molecule has 1 aromatic rings. The summed E-state index contributed by atoms with van der Waals surface area (Å²) in [5, 5.41) is 12.2. The summed E-state index contributed by atoms with van der Waals surface area (Å²) < 4.78 is 13.9. The number of carbonyl (C=O) groups excluding carboxylic acids is 1. The number of nitriles is 1. The van der Waals surface area contributed by atoms with Crippen LogP contribution in [0.4, 0.5) is 4.39 Å². The summed E-state index contributed by atoms with van der Waals surface area (Å²) in [5.41, 5.74) is 6.11. The van der Waals surface area contributed by atoms with E-state index < -0.39 is 0 Å². The van der Waals surface area contributed by atoms with Gasteiger partial charge in [-0.25, -0.2) is 9.38 Å². The van der Waals surface area contributed by atoms with Crippen molar-refractivity contribution in [1.82, 2.24) is 10.2 Å². The first-order chi connectivity index (χ1) is 12.0. The van der Waals surface area contributed by atoms with Gasteiger partial charge in [-0.1, -0.05) is 0 Å². The van der Waals surface area contributed by atoms with Crippen LogP contribution in [0.25, 0.3) is 0 Å². The van der Waals surface area contributed by atoms with Gasteiger partial charge in [0, 0.05) is 31.6 Å². The van der Waals surface area contributed by atoms with Crippen molar-refractivity contribution in [2.24, 2.45) is 16.6 Å². The quantitative estimate of drug-likeness (QED) is 0.628. The second-order valence-corrected chi connectivity index (χ2v) is 6.21. The molecular formula is C18H24FN5O. The summed E-state index contributed by atoms with van der Waals surface area (Å²) in [7, 11) is 0. The summed E-state index contributed by atoms with van der Waals surface area (Å²) in [6.45, 7) is 4.35. The minimum atomic E-state index is -0.371. The van der Waals surface area contributed by atoms with Crippen LogP contribution in [0, 0.1) is 23.1 Å². The molecule has 1 aliphatic rings. The van der Waals surface area contributed by atoms with E-state index in [-0.39, 0.29) is 24.2 Å². The van der Waals surface area contributed by atoms with Crippen molar-refractivity contribution in [2.75, 3.05) is 19.6 Å². The first kappa shape index (κ1) is 18.7. The van der Waals surface area contributed by atoms with Crippen molar-refractivity contribution in [3.8, 4) is 6.07 Å². The molecular weight excluding hydrogens is 321 g/mol. The highest BCUT2D eigenvalue weighted by atomic mass is 19.1. The van der Waals surface area contributed by atoms with Gasteiger partial charge in [0.1, 0.15) is 5.82 Å². The lowest BCUT2D eigenvalue weighted by Gasteiger charge is -2.34. The number of piperidine rings is 1. The molecule has 3 N–H and O–H groups in total. The molecule has 7 heteroatoms. The van der Waals surface area contributed by atoms with Gasteiger partial charge >= 0.3 is 0 Å². The number of halogens is 1. The van der Waals surface area contributed by atoms with E-state index in [1.807, 2.05) is 13.0 Å². The second-order valence-electron chi connectivity index (χ2n) is 6.21. The molecule has 1 amide bonds. The lowest BCUT2D eigenvalue weighted by atomic mass is 9.95. The van der Waals surface area contributed by atoms with E-state index in [1.54, 1.807) is 0 Å². The third kappa shape index (κ3) is 5.45. The van der Waals surface area contributed by atoms with E-state index in [0.29, 0.717) is 36.6 Å². The summed E-state index contributed by atoms with van der Waals surface area (Å²) >= 11 is 0. The number of primary amides is 1. The first-order valence-electron chi connectivity index (χ1n) is 8.53. The topological polar surface area (TPSA) is 94.5 Å². The van der Waals surface area contributed by atoms with Crippen LogP contribution < -0.4 is 11.1 Å². The maximum atomic E-state index is 13.9. The average molecular weight is 345 g/mol. The van der Waals surface area contributed by atoms with Crippen LogP contribution in [0.3, 0.4) is 0 Å². The predicted octanol–water partition coefficient (Wildman–Crippen LogP) is 1.75. The second kappa shape index (κ2) is 9.02. The number of likely N-dealkylation sites (tertiary alicyclic amines) is 1. The van der Waals surface area contributed by atoms with E-state index in [9.17, 15) is 9.18 Å². The highest BCUT2D eigenvalue weighted by Gasteiger charge is 2.23. The molecule has 134 valence electrons. The minimum Gasteiger partial charge on any atom is -0.370 e. The van der Waals surface area contributed by atoms with Gasteiger partial charge in [-0.3, -0.25) is 4.79 Å². The van der Waals surface area contributed by atoms with E-state index >= 15 is 0 Å². The van der Waals surface area contributed by atoms with Crippen molar-refractivity contribution >= 4 is 11.9 Å². The molecule has 0 aliphatic carbocycles. The van der Waals surface area contributed by atoms with Gasteiger partial charge in [0.25, 0.3) is 0 Å². The van der Waals surface area contributed by atoms with Crippen molar-refractivity contribution < 1.29 is 9.18 Å². The maximum absolute atomic E-state index is 13.9. The average Bonchev–Trinajstić information content (AvgIpc) is 2.59. The summed E-state index contributed by atoms with van der Waals surface area (Å²) in [6, 6.07) is 6.28. The van der Waals surface area contributed by atoms with Crippen molar-refractivity contribution in [3.05, 3.63) is 35.1 Å². The number of carbonyl (C=O) groups is 1. The number of nitrogens with two attached hydrogens (primary N) is 1. The van der Waals surface area contributed by atoms with Gasteiger partial charge in [0.15, 0.2) is 5.96 Å². The van der Waals surface area contributed by atoms with Gasteiger partial charge in [0.2, 0.25) is 5.91 Å². The largest absolute Gasteiger partial charge is 0.370 e. The monoisotopic (exact) mass is 345 g/mol. The van der Waals surface area contributed by atoms with Gasteiger partial charge in [0.05, 0.1) is 18.2 Å². The highest BCUT2D eigenvalue weighted by Crippen LogP contribution is 2.20. The standard InChI is InChI=1S/C18H24FN5O/c1-2-22-18(24-7-3-4-14(12-24)9-17(21)25)23-11-15-8-13(10-20)5-6-16(15)19/h5-6,8,14H,2-4,7,9,11-12H2,1H3,(H2,21,25)(H,22,23). The van der Waals surface area contributed by atoms with Crippen LogP contribution >= 0.6 is 0 Å². The lowest BCUT2D eigenvalue weighted by molar-refractivity contribution is -0.119. The Hall–Kier alpha value is -2.62. The fraction of sp³-hybridized carbons (Fsp3) is 0.500. The Balaban J connectivity index is 2.12. The Labute approximate surface area is 147 Å². The molecule has 0 spiro atoms. The SMILES string of the molecule is CCNC(=NCc1cc(C#N)ccc1F)N1CCCC(CC(N)=O)C1. The molecule has 25 heavy (non-hydrogen) atoms. The highest BCUT2D eigenvalue weighted by molar-refractivity contribution is 5.80. The third-order valence-electron chi connectivity index (χ3n) is 4.22. The Morgan fingerprint density at radius 2 is 2.36 bits per heavy atom. The van der Waals surface area contributed by atoms with Crippen LogP contribution in [-0.2, 0) is 11.3 Å². The van der Waals surface area contributed by atoms with Crippen LogP contribution in [0.5, 0.6) is 0 Å². The molecule has 1 unspecified atom stereocenters. The number of guanidine groups is 1. The van der Waals surface area contributed by atoms with Gasteiger partial charge in [-0.15, -0.1) is 0 Å². The van der Waals surface area contributed by atoms with E-state index in [0.717, 1.165) is 19.4 Å². The Bertz CT molecular complexity index is 683. The number of hydrogen-bond acceptors (Lipinski definition) is 3. The molecule has 1 fully saturated rings. The zero-order chi connectivity index (χ0) is 18.2. The molecule has 0 saturated carbocycles. The van der Waals surface area contributed by atoms with Crippen LogP contribution in [0.1, 0.15) is 37.3 Å². The number of aliphatic imine (C=N–C) groups is 1. The molecule has 0 bridgehead atoms. The fourth-order valence-corrected chi connectivity index (χ4v) is 3.06. The maximum Gasteiger partial charge on any atom is 0.217 e. The van der Waals surface area contributed by atoms with Crippen molar-refractivity contribution in [3.63, 3.8) is 0 Å². The van der Waals surface area contributed by atoms with Gasteiger partial charge < -0.3 is 16.0 Å². The number of amides is 1. The van der Waals surface area contributed by atoms with Gasteiger partial charge in [-0.05, 0) is 43.9 Å². The minimum absolute atomic E-state index is 0.153. The molecule has 1 saturated heterocycles. The van der Waals surface area contributed by atoms with Crippen LogP contribution in [0.15, 0.2) is 23.2 Å². The van der Waals surface area contributed by atoms with E-state index in [1.165, 1.54) is 18.2 Å². The normalized spacial score (nSPS) is 17.9. The molecule has 1 atom stereocenters. The zero-order valence-corrected chi connectivity index (χ0v) is 14.5. The summed E-state index contributed by atoms with van der Waals surface area (Å²) in [6.07, 6.45) is 2.30. The molecule has 1 aliphatic heterocycles.